The lowest BCUT2D eigenvalue weighted by Gasteiger charge is -2.15. The molecule has 3 aromatic rings. The number of anilines is 1. The highest BCUT2D eigenvalue weighted by atomic mass is 16.5. The van der Waals surface area contributed by atoms with Crippen molar-refractivity contribution in [3.05, 3.63) is 52.8 Å². The van der Waals surface area contributed by atoms with Gasteiger partial charge in [0.15, 0.2) is 23.0 Å². The molecular weight excluding hydrogens is 430 g/mol. The van der Waals surface area contributed by atoms with Gasteiger partial charge >= 0.3 is 0 Å². The largest absolute Gasteiger partial charge is 0.493 e. The van der Waals surface area contributed by atoms with E-state index >= 15 is 0 Å². The van der Waals surface area contributed by atoms with E-state index in [0.29, 0.717) is 45.7 Å². The highest BCUT2D eigenvalue weighted by Crippen LogP contribution is 2.40. The van der Waals surface area contributed by atoms with E-state index in [1.165, 1.54) is 34.5 Å². The van der Waals surface area contributed by atoms with Crippen LogP contribution in [0.5, 0.6) is 28.7 Å². The van der Waals surface area contributed by atoms with Crippen molar-refractivity contribution in [2.24, 2.45) is 0 Å². The molecule has 1 heterocycles. The molecule has 0 saturated carbocycles. The molecule has 0 spiro atoms. The fourth-order valence-electron chi connectivity index (χ4n) is 3.20. The number of amides is 1. The minimum Gasteiger partial charge on any atom is -0.493 e. The zero-order valence-corrected chi connectivity index (χ0v) is 19.0. The molecule has 174 valence electrons. The number of rotatable bonds is 9. The van der Waals surface area contributed by atoms with Crippen LogP contribution < -0.4 is 34.6 Å². The highest BCUT2D eigenvalue weighted by molar-refractivity contribution is 5.91. The number of hydrogen-bond donors (Lipinski definition) is 1. The Morgan fingerprint density at radius 3 is 2.03 bits per heavy atom. The molecule has 1 amide bonds. The number of nitrogens with zero attached hydrogens (tertiary/aromatic N) is 2. The Balaban J connectivity index is 1.84. The number of ether oxygens (including phenoxy) is 5. The molecule has 0 atom stereocenters. The van der Waals surface area contributed by atoms with Gasteiger partial charge in [0, 0.05) is 29.4 Å². The summed E-state index contributed by atoms with van der Waals surface area (Å²) in [5.41, 5.74) is 1.19. The molecule has 0 unspecified atom stereocenters. The first-order valence-electron chi connectivity index (χ1n) is 9.84. The second kappa shape index (κ2) is 10.4. The number of nitrogens with one attached hydrogen (secondary N) is 1. The zero-order chi connectivity index (χ0) is 24.0. The molecule has 0 aliphatic rings. The third-order valence-electron chi connectivity index (χ3n) is 4.79. The normalized spacial score (nSPS) is 10.3. The molecule has 0 bridgehead atoms. The highest BCUT2D eigenvalue weighted by Gasteiger charge is 2.16. The summed E-state index contributed by atoms with van der Waals surface area (Å²) >= 11 is 0. The first kappa shape index (κ1) is 23.5. The molecule has 0 saturated heterocycles. The second-order valence-electron chi connectivity index (χ2n) is 6.75. The van der Waals surface area contributed by atoms with Gasteiger partial charge < -0.3 is 29.0 Å². The van der Waals surface area contributed by atoms with E-state index in [0.717, 1.165) is 4.68 Å². The number of hydrogen-bond acceptors (Lipinski definition) is 8. The van der Waals surface area contributed by atoms with Gasteiger partial charge in [0.25, 0.3) is 5.56 Å². The quantitative estimate of drug-likeness (QED) is 0.524. The summed E-state index contributed by atoms with van der Waals surface area (Å²) in [7, 11) is 7.52. The molecule has 33 heavy (non-hydrogen) atoms. The first-order chi connectivity index (χ1) is 15.9. The van der Waals surface area contributed by atoms with Gasteiger partial charge in [-0.05, 0) is 24.3 Å². The van der Waals surface area contributed by atoms with Gasteiger partial charge in [-0.15, -0.1) is 0 Å². The van der Waals surface area contributed by atoms with Crippen LogP contribution in [-0.4, -0.2) is 51.2 Å². The van der Waals surface area contributed by atoms with Crippen molar-refractivity contribution in [2.75, 3.05) is 40.9 Å². The van der Waals surface area contributed by atoms with Crippen LogP contribution in [-0.2, 0) is 11.3 Å². The lowest BCUT2D eigenvalue weighted by molar-refractivity contribution is -0.117. The van der Waals surface area contributed by atoms with Gasteiger partial charge in [-0.25, -0.2) is 4.68 Å². The lowest BCUT2D eigenvalue weighted by Crippen LogP contribution is -2.29. The number of methoxy groups -OCH3 is 5. The van der Waals surface area contributed by atoms with E-state index in [2.05, 4.69) is 10.4 Å². The standard InChI is InChI=1S/C23H25N3O7/c1-29-17-8-6-14(10-18(17)30-2)16-7-9-22(28)26(25-16)13-21(27)24-15-11-19(31-3)23(33-5)20(12-15)32-4/h6-12H,13H2,1-5H3,(H,24,27). The molecular formula is C23H25N3O7. The van der Waals surface area contributed by atoms with Crippen LogP contribution in [0.4, 0.5) is 5.69 Å². The van der Waals surface area contributed by atoms with Gasteiger partial charge in [-0.1, -0.05) is 0 Å². The molecule has 10 heteroatoms. The average molecular weight is 455 g/mol. The maximum atomic E-state index is 12.7. The molecule has 0 aliphatic carbocycles. The van der Waals surface area contributed by atoms with Crippen molar-refractivity contribution in [2.45, 2.75) is 6.54 Å². The molecule has 0 aliphatic heterocycles. The van der Waals surface area contributed by atoms with Crippen molar-refractivity contribution in [1.29, 1.82) is 0 Å². The van der Waals surface area contributed by atoms with Crippen LogP contribution in [0.15, 0.2) is 47.3 Å². The molecule has 10 nitrogen and oxygen atoms in total. The average Bonchev–Trinajstić information content (AvgIpc) is 2.84. The fraction of sp³-hybridized carbons (Fsp3) is 0.261. The third kappa shape index (κ3) is 5.17. The van der Waals surface area contributed by atoms with Crippen LogP contribution in [0.25, 0.3) is 11.3 Å². The Labute approximate surface area is 190 Å². The predicted molar refractivity (Wildman–Crippen MR) is 122 cm³/mol. The van der Waals surface area contributed by atoms with E-state index in [9.17, 15) is 9.59 Å². The van der Waals surface area contributed by atoms with E-state index in [1.54, 1.807) is 43.5 Å². The van der Waals surface area contributed by atoms with Crippen LogP contribution in [0, 0.1) is 0 Å². The summed E-state index contributed by atoms with van der Waals surface area (Å²) in [6, 6.07) is 11.4. The number of benzene rings is 2. The minimum atomic E-state index is -0.455. The summed E-state index contributed by atoms with van der Waals surface area (Å²) in [5, 5.41) is 7.05. The van der Waals surface area contributed by atoms with Crippen LogP contribution in [0.3, 0.4) is 0 Å². The molecule has 1 N–H and O–H groups in total. The van der Waals surface area contributed by atoms with Crippen molar-refractivity contribution in [1.82, 2.24) is 9.78 Å². The third-order valence-corrected chi connectivity index (χ3v) is 4.79. The Hall–Kier alpha value is -4.21. The van der Waals surface area contributed by atoms with E-state index < -0.39 is 11.5 Å². The van der Waals surface area contributed by atoms with Gasteiger partial charge in [-0.2, -0.15) is 5.10 Å². The number of aromatic nitrogens is 2. The van der Waals surface area contributed by atoms with Crippen molar-refractivity contribution in [3.8, 4) is 40.0 Å². The fourth-order valence-corrected chi connectivity index (χ4v) is 3.20. The second-order valence-corrected chi connectivity index (χ2v) is 6.75. The SMILES string of the molecule is COc1ccc(-c2ccc(=O)n(CC(=O)Nc3cc(OC)c(OC)c(OC)c3)n2)cc1OC. The van der Waals surface area contributed by atoms with E-state index in [4.69, 9.17) is 23.7 Å². The first-order valence-corrected chi connectivity index (χ1v) is 9.84. The van der Waals surface area contributed by atoms with E-state index in [1.807, 2.05) is 0 Å². The Morgan fingerprint density at radius 1 is 0.818 bits per heavy atom. The summed E-state index contributed by atoms with van der Waals surface area (Å²) in [4.78, 5) is 25.0. The van der Waals surface area contributed by atoms with Crippen molar-refractivity contribution in [3.63, 3.8) is 0 Å². The van der Waals surface area contributed by atoms with Gasteiger partial charge in [-0.3, -0.25) is 9.59 Å². The maximum absolute atomic E-state index is 12.7. The Kier molecular flexibility index (Phi) is 7.39. The zero-order valence-electron chi connectivity index (χ0n) is 19.0. The van der Waals surface area contributed by atoms with Gasteiger partial charge in [0.05, 0.1) is 41.2 Å². The predicted octanol–water partition coefficient (Wildman–Crippen LogP) is 2.59. The van der Waals surface area contributed by atoms with Crippen molar-refractivity contribution < 1.29 is 28.5 Å². The van der Waals surface area contributed by atoms with Crippen LogP contribution >= 0.6 is 0 Å². The Bertz CT molecular complexity index is 1180. The molecule has 3 rings (SSSR count). The van der Waals surface area contributed by atoms with E-state index in [-0.39, 0.29) is 6.54 Å². The number of carbonyl (C=O) groups is 1. The topological polar surface area (TPSA) is 110 Å². The lowest BCUT2D eigenvalue weighted by atomic mass is 10.1. The van der Waals surface area contributed by atoms with Crippen molar-refractivity contribution >= 4 is 11.6 Å². The summed E-state index contributed by atoms with van der Waals surface area (Å²) in [5.74, 6) is 1.81. The monoisotopic (exact) mass is 455 g/mol. The van der Waals surface area contributed by atoms with Crippen LogP contribution in [0.2, 0.25) is 0 Å². The smallest absolute Gasteiger partial charge is 0.267 e. The number of carbonyl (C=O) groups excluding carboxylic acids is 1. The molecule has 0 fully saturated rings. The summed E-state index contributed by atoms with van der Waals surface area (Å²) in [6.07, 6.45) is 0. The minimum absolute atomic E-state index is 0.295. The van der Waals surface area contributed by atoms with Gasteiger partial charge in [0.1, 0.15) is 6.54 Å². The molecule has 2 aromatic carbocycles. The maximum Gasteiger partial charge on any atom is 0.267 e. The summed E-state index contributed by atoms with van der Waals surface area (Å²) < 4.78 is 27.5. The molecule has 0 radical (unpaired) electrons. The molecule has 1 aromatic heterocycles. The van der Waals surface area contributed by atoms with Gasteiger partial charge in [0.2, 0.25) is 11.7 Å². The summed E-state index contributed by atoms with van der Waals surface area (Å²) in [6.45, 7) is -0.295. The Morgan fingerprint density at radius 2 is 1.45 bits per heavy atom. The van der Waals surface area contributed by atoms with Crippen LogP contribution in [0.1, 0.15) is 0 Å².